The van der Waals surface area contributed by atoms with Crippen LogP contribution in [0.1, 0.15) is 46.7 Å². The monoisotopic (exact) mass is 340 g/mol. The second kappa shape index (κ2) is 6.70. The number of nitrogens with one attached hydrogen (secondary N) is 2. The summed E-state index contributed by atoms with van der Waals surface area (Å²) in [4.78, 5) is 24.2. The number of carbonyl (C=O) groups excluding carboxylic acids is 2. The van der Waals surface area contributed by atoms with E-state index in [9.17, 15) is 9.59 Å². The van der Waals surface area contributed by atoms with Crippen molar-refractivity contribution in [2.24, 2.45) is 5.92 Å². The van der Waals surface area contributed by atoms with E-state index in [0.29, 0.717) is 23.7 Å². The number of aromatic nitrogens is 2. The summed E-state index contributed by atoms with van der Waals surface area (Å²) in [6.45, 7) is 9.63. The van der Waals surface area contributed by atoms with Crippen molar-refractivity contribution in [3.05, 3.63) is 46.3 Å². The second-order valence-corrected chi connectivity index (χ2v) is 7.00. The van der Waals surface area contributed by atoms with E-state index in [1.807, 2.05) is 30.7 Å². The van der Waals surface area contributed by atoms with Crippen LogP contribution >= 0.6 is 0 Å². The molecule has 0 saturated heterocycles. The van der Waals surface area contributed by atoms with Crippen molar-refractivity contribution in [3.8, 4) is 0 Å². The summed E-state index contributed by atoms with van der Waals surface area (Å²) in [7, 11) is 0. The third-order valence-corrected chi connectivity index (χ3v) is 4.48. The molecule has 1 aliphatic rings. The highest BCUT2D eigenvalue weighted by atomic mass is 16.2. The number of amides is 2. The molecule has 2 heterocycles. The molecular formula is C19H24N4O2. The van der Waals surface area contributed by atoms with Crippen LogP contribution in [0.15, 0.2) is 18.2 Å². The van der Waals surface area contributed by atoms with E-state index in [2.05, 4.69) is 29.6 Å². The fraction of sp³-hybridized carbons (Fsp3) is 0.421. The fourth-order valence-corrected chi connectivity index (χ4v) is 3.17. The highest BCUT2D eigenvalue weighted by Gasteiger charge is 2.20. The molecule has 0 atom stereocenters. The molecule has 0 bridgehead atoms. The fourth-order valence-electron chi connectivity index (χ4n) is 3.17. The van der Waals surface area contributed by atoms with Crippen LogP contribution in [0.25, 0.3) is 0 Å². The lowest BCUT2D eigenvalue weighted by Gasteiger charge is -2.09. The molecule has 1 aliphatic heterocycles. The third-order valence-electron chi connectivity index (χ3n) is 4.48. The Morgan fingerprint density at radius 3 is 2.84 bits per heavy atom. The zero-order valence-electron chi connectivity index (χ0n) is 15.1. The largest absolute Gasteiger partial charge is 0.348 e. The van der Waals surface area contributed by atoms with Crippen molar-refractivity contribution in [3.63, 3.8) is 0 Å². The predicted octanol–water partition coefficient (Wildman–Crippen LogP) is 2.58. The third kappa shape index (κ3) is 3.57. The molecule has 25 heavy (non-hydrogen) atoms. The molecule has 0 spiro atoms. The molecule has 2 aromatic rings. The standard InChI is InChI=1S/C19H24N4O2/c1-11(2)10-23-13(4)16(12(3)22-23)8-18(24)21-15-6-5-14-9-20-19(25)17(14)7-15/h5-7,11H,8-10H2,1-4H3,(H,20,25)(H,21,24). The van der Waals surface area contributed by atoms with Gasteiger partial charge < -0.3 is 10.6 Å². The molecule has 0 fully saturated rings. The van der Waals surface area contributed by atoms with Crippen LogP contribution in [-0.2, 0) is 24.3 Å². The number of anilines is 1. The molecule has 1 aromatic heterocycles. The summed E-state index contributed by atoms with van der Waals surface area (Å²) in [6, 6.07) is 5.44. The minimum Gasteiger partial charge on any atom is -0.348 e. The van der Waals surface area contributed by atoms with Crippen molar-refractivity contribution in [1.29, 1.82) is 0 Å². The maximum atomic E-state index is 12.5. The maximum Gasteiger partial charge on any atom is 0.251 e. The van der Waals surface area contributed by atoms with Crippen LogP contribution in [0.5, 0.6) is 0 Å². The summed E-state index contributed by atoms with van der Waals surface area (Å²) >= 11 is 0. The first-order chi connectivity index (χ1) is 11.8. The maximum absolute atomic E-state index is 12.5. The first kappa shape index (κ1) is 17.2. The van der Waals surface area contributed by atoms with Gasteiger partial charge in [-0.2, -0.15) is 5.10 Å². The minimum atomic E-state index is -0.103. The molecule has 2 amide bonds. The van der Waals surface area contributed by atoms with Gasteiger partial charge in [0.15, 0.2) is 0 Å². The second-order valence-electron chi connectivity index (χ2n) is 7.00. The average Bonchev–Trinajstić information content (AvgIpc) is 3.02. The summed E-state index contributed by atoms with van der Waals surface area (Å²) in [5.74, 6) is 0.304. The Morgan fingerprint density at radius 1 is 1.36 bits per heavy atom. The first-order valence-electron chi connectivity index (χ1n) is 8.59. The van der Waals surface area contributed by atoms with Crippen molar-refractivity contribution < 1.29 is 9.59 Å². The van der Waals surface area contributed by atoms with Gasteiger partial charge in [0, 0.05) is 35.6 Å². The van der Waals surface area contributed by atoms with Crippen molar-refractivity contribution >= 4 is 17.5 Å². The van der Waals surface area contributed by atoms with Gasteiger partial charge >= 0.3 is 0 Å². The zero-order valence-corrected chi connectivity index (χ0v) is 15.1. The number of nitrogens with zero attached hydrogens (tertiary/aromatic N) is 2. The number of carbonyl (C=O) groups is 2. The molecule has 0 saturated carbocycles. The lowest BCUT2D eigenvalue weighted by molar-refractivity contribution is -0.115. The number of hydrogen-bond acceptors (Lipinski definition) is 3. The van der Waals surface area contributed by atoms with Gasteiger partial charge in [0.05, 0.1) is 12.1 Å². The lowest BCUT2D eigenvalue weighted by atomic mass is 10.1. The molecule has 0 aliphatic carbocycles. The van der Waals surface area contributed by atoms with E-state index in [1.54, 1.807) is 6.07 Å². The van der Waals surface area contributed by atoms with Crippen LogP contribution in [-0.4, -0.2) is 21.6 Å². The molecule has 3 rings (SSSR count). The number of hydrogen-bond donors (Lipinski definition) is 2. The van der Waals surface area contributed by atoms with E-state index < -0.39 is 0 Å². The van der Waals surface area contributed by atoms with Gasteiger partial charge in [-0.25, -0.2) is 0 Å². The molecule has 0 radical (unpaired) electrons. The van der Waals surface area contributed by atoms with Crippen molar-refractivity contribution in [2.75, 3.05) is 5.32 Å². The van der Waals surface area contributed by atoms with E-state index in [1.165, 1.54) is 0 Å². The summed E-state index contributed by atoms with van der Waals surface area (Å²) in [6.07, 6.45) is 0.277. The normalized spacial score (nSPS) is 13.1. The number of aryl methyl sites for hydroxylation is 1. The Morgan fingerprint density at radius 2 is 2.12 bits per heavy atom. The Bertz CT molecular complexity index is 836. The highest BCUT2D eigenvalue weighted by molar-refractivity contribution is 6.00. The predicted molar refractivity (Wildman–Crippen MR) is 96.5 cm³/mol. The Hall–Kier alpha value is -2.63. The smallest absolute Gasteiger partial charge is 0.251 e. The van der Waals surface area contributed by atoms with E-state index in [0.717, 1.165) is 29.1 Å². The average molecular weight is 340 g/mol. The van der Waals surface area contributed by atoms with Crippen LogP contribution in [0.2, 0.25) is 0 Å². The van der Waals surface area contributed by atoms with Gasteiger partial charge in [0.25, 0.3) is 5.91 Å². The molecule has 132 valence electrons. The zero-order chi connectivity index (χ0) is 18.1. The Labute approximate surface area is 147 Å². The SMILES string of the molecule is Cc1nn(CC(C)C)c(C)c1CC(=O)Nc1ccc2c(c1)C(=O)NC2. The van der Waals surface area contributed by atoms with Gasteiger partial charge in [-0.1, -0.05) is 19.9 Å². The molecular weight excluding hydrogens is 316 g/mol. The summed E-state index contributed by atoms with van der Waals surface area (Å²) < 4.78 is 1.97. The van der Waals surface area contributed by atoms with Gasteiger partial charge in [-0.15, -0.1) is 0 Å². The summed E-state index contributed by atoms with van der Waals surface area (Å²) in [5, 5.41) is 10.2. The molecule has 1 aromatic carbocycles. The van der Waals surface area contributed by atoms with Crippen LogP contribution in [0.4, 0.5) is 5.69 Å². The van der Waals surface area contributed by atoms with Crippen LogP contribution < -0.4 is 10.6 Å². The topological polar surface area (TPSA) is 76.0 Å². The van der Waals surface area contributed by atoms with Crippen LogP contribution in [0.3, 0.4) is 0 Å². The van der Waals surface area contributed by atoms with Gasteiger partial charge in [0.1, 0.15) is 0 Å². The van der Waals surface area contributed by atoms with Crippen molar-refractivity contribution in [2.45, 2.75) is 47.2 Å². The minimum absolute atomic E-state index is 0.0900. The summed E-state index contributed by atoms with van der Waals surface area (Å²) in [5.41, 5.74) is 5.14. The molecule has 6 nitrogen and oxygen atoms in total. The quantitative estimate of drug-likeness (QED) is 0.878. The van der Waals surface area contributed by atoms with Gasteiger partial charge in [-0.3, -0.25) is 14.3 Å². The van der Waals surface area contributed by atoms with Crippen molar-refractivity contribution in [1.82, 2.24) is 15.1 Å². The Balaban J connectivity index is 1.72. The van der Waals surface area contributed by atoms with E-state index >= 15 is 0 Å². The van der Waals surface area contributed by atoms with Gasteiger partial charge in [0.2, 0.25) is 5.91 Å². The van der Waals surface area contributed by atoms with E-state index in [4.69, 9.17) is 0 Å². The first-order valence-corrected chi connectivity index (χ1v) is 8.59. The van der Waals surface area contributed by atoms with E-state index in [-0.39, 0.29) is 18.2 Å². The molecule has 0 unspecified atom stereocenters. The Kier molecular flexibility index (Phi) is 4.61. The lowest BCUT2D eigenvalue weighted by Crippen LogP contribution is -2.16. The molecule has 2 N–H and O–H groups in total. The van der Waals surface area contributed by atoms with Gasteiger partial charge in [-0.05, 0) is 37.5 Å². The number of fused-ring (bicyclic) bond motifs is 1. The number of rotatable bonds is 5. The highest BCUT2D eigenvalue weighted by Crippen LogP contribution is 2.21. The molecule has 6 heteroatoms. The number of benzene rings is 1. The van der Waals surface area contributed by atoms with Crippen LogP contribution in [0, 0.1) is 19.8 Å².